The smallest absolute Gasteiger partial charge is 0.317 e. The molecule has 2 aliphatic heterocycles. The van der Waals surface area contributed by atoms with Gasteiger partial charge in [-0.15, -0.1) is 0 Å². The Hall–Kier alpha value is -2.19. The average molecular weight is 461 g/mol. The number of carbonyl (C=O) groups excluding carboxylic acids is 1. The monoisotopic (exact) mass is 460 g/mol. The number of piperidine rings is 1. The predicted molar refractivity (Wildman–Crippen MR) is 129 cm³/mol. The van der Waals surface area contributed by atoms with Gasteiger partial charge in [0.2, 0.25) is 0 Å². The maximum atomic E-state index is 13.0. The minimum absolute atomic E-state index is 0.0521. The number of benzene rings is 1. The second kappa shape index (κ2) is 11.3. The van der Waals surface area contributed by atoms with Crippen LogP contribution in [-0.4, -0.2) is 92.6 Å². The third-order valence-corrected chi connectivity index (χ3v) is 7.50. The zero-order valence-corrected chi connectivity index (χ0v) is 20.2. The van der Waals surface area contributed by atoms with E-state index in [0.29, 0.717) is 12.6 Å². The van der Waals surface area contributed by atoms with Crippen molar-refractivity contribution >= 4 is 11.7 Å². The normalized spacial score (nSPS) is 25.4. The van der Waals surface area contributed by atoms with E-state index in [1.54, 1.807) is 14.2 Å². The van der Waals surface area contributed by atoms with E-state index in [1.807, 2.05) is 23.1 Å². The Morgan fingerprint density at radius 2 is 1.58 bits per heavy atom. The van der Waals surface area contributed by atoms with Gasteiger partial charge in [-0.05, 0) is 32.1 Å². The van der Waals surface area contributed by atoms with Gasteiger partial charge in [0.05, 0.1) is 20.3 Å². The molecule has 0 spiro atoms. The summed E-state index contributed by atoms with van der Waals surface area (Å²) in [6, 6.07) is 6.50. The molecule has 2 saturated heterocycles. The summed E-state index contributed by atoms with van der Waals surface area (Å²) in [5.74, 6) is 1.55. The molecular weight excluding hydrogens is 420 g/mol. The van der Waals surface area contributed by atoms with Crippen LogP contribution in [0.2, 0.25) is 0 Å². The average Bonchev–Trinajstić information content (AvgIpc) is 3.11. The molecule has 2 unspecified atom stereocenters. The fourth-order valence-corrected chi connectivity index (χ4v) is 5.51. The number of nitrogens with one attached hydrogen (secondary N) is 1. The van der Waals surface area contributed by atoms with E-state index >= 15 is 0 Å². The van der Waals surface area contributed by atoms with E-state index in [-0.39, 0.29) is 18.2 Å². The molecule has 0 radical (unpaired) electrons. The van der Waals surface area contributed by atoms with Crippen molar-refractivity contribution < 1.29 is 19.4 Å². The SMILES string of the molecule is COc1cc(OC)cc(N2CCCN(C(=O)NC3CCN(C4CCCCC4O)CC3)CC2)c1. The van der Waals surface area contributed by atoms with Gasteiger partial charge in [-0.3, -0.25) is 4.90 Å². The van der Waals surface area contributed by atoms with Crippen molar-refractivity contribution in [2.75, 3.05) is 58.4 Å². The Kier molecular flexibility index (Phi) is 8.20. The van der Waals surface area contributed by atoms with Crippen molar-refractivity contribution in [3.8, 4) is 11.5 Å². The fourth-order valence-electron chi connectivity index (χ4n) is 5.51. The molecule has 1 aromatic rings. The summed E-state index contributed by atoms with van der Waals surface area (Å²) in [6.45, 7) is 5.04. The molecule has 4 rings (SSSR count). The molecule has 1 saturated carbocycles. The Balaban J connectivity index is 1.26. The van der Waals surface area contributed by atoms with Crippen LogP contribution in [0.5, 0.6) is 11.5 Å². The molecule has 1 aliphatic carbocycles. The minimum Gasteiger partial charge on any atom is -0.497 e. The molecule has 3 aliphatic rings. The third kappa shape index (κ3) is 6.03. The first-order chi connectivity index (χ1) is 16.1. The van der Waals surface area contributed by atoms with Crippen molar-refractivity contribution in [2.45, 2.75) is 63.1 Å². The van der Waals surface area contributed by atoms with Gasteiger partial charge in [0.15, 0.2) is 0 Å². The lowest BCUT2D eigenvalue weighted by Crippen LogP contribution is -2.54. The van der Waals surface area contributed by atoms with Gasteiger partial charge >= 0.3 is 6.03 Å². The first-order valence-electron chi connectivity index (χ1n) is 12.5. The largest absolute Gasteiger partial charge is 0.497 e. The highest BCUT2D eigenvalue weighted by Gasteiger charge is 2.32. The second-order valence-electron chi connectivity index (χ2n) is 9.58. The van der Waals surface area contributed by atoms with Crippen LogP contribution < -0.4 is 19.7 Å². The number of rotatable bonds is 5. The van der Waals surface area contributed by atoms with E-state index in [0.717, 1.165) is 88.4 Å². The topological polar surface area (TPSA) is 77.5 Å². The summed E-state index contributed by atoms with van der Waals surface area (Å²) in [5, 5.41) is 13.6. The van der Waals surface area contributed by atoms with Crippen LogP contribution in [-0.2, 0) is 0 Å². The summed E-state index contributed by atoms with van der Waals surface area (Å²) in [4.78, 5) is 19.7. The van der Waals surface area contributed by atoms with Gasteiger partial charge in [-0.25, -0.2) is 4.79 Å². The summed E-state index contributed by atoms with van der Waals surface area (Å²) < 4.78 is 10.8. The Labute approximate surface area is 197 Å². The van der Waals surface area contributed by atoms with Crippen LogP contribution in [0.3, 0.4) is 0 Å². The molecule has 2 atom stereocenters. The number of anilines is 1. The highest BCUT2D eigenvalue weighted by Crippen LogP contribution is 2.29. The number of amides is 2. The van der Waals surface area contributed by atoms with Crippen LogP contribution in [0, 0.1) is 0 Å². The molecule has 2 amide bonds. The first kappa shape index (κ1) is 24.0. The van der Waals surface area contributed by atoms with Gasteiger partial charge in [-0.2, -0.15) is 0 Å². The van der Waals surface area contributed by atoms with Crippen molar-refractivity contribution in [2.24, 2.45) is 0 Å². The minimum atomic E-state index is -0.186. The van der Waals surface area contributed by atoms with E-state index in [1.165, 1.54) is 6.42 Å². The van der Waals surface area contributed by atoms with E-state index in [2.05, 4.69) is 15.1 Å². The molecule has 2 heterocycles. The van der Waals surface area contributed by atoms with E-state index in [4.69, 9.17) is 9.47 Å². The zero-order chi connectivity index (χ0) is 23.2. The standard InChI is InChI=1S/C25H40N4O4/c1-32-21-16-20(17-22(18-21)33-2)27-10-5-11-29(15-14-27)25(31)26-19-8-12-28(13-9-19)23-6-3-4-7-24(23)30/h16-19,23-24,30H,3-15H2,1-2H3,(H,26,31). The molecule has 184 valence electrons. The van der Waals surface area contributed by atoms with Gasteiger partial charge in [0, 0.05) is 75.2 Å². The zero-order valence-electron chi connectivity index (χ0n) is 20.2. The number of carbonyl (C=O) groups is 1. The van der Waals surface area contributed by atoms with Crippen molar-refractivity contribution in [3.63, 3.8) is 0 Å². The van der Waals surface area contributed by atoms with Crippen molar-refractivity contribution in [1.82, 2.24) is 15.1 Å². The summed E-state index contributed by atoms with van der Waals surface area (Å²) in [7, 11) is 3.32. The van der Waals surface area contributed by atoms with Gasteiger partial charge in [0.1, 0.15) is 11.5 Å². The predicted octanol–water partition coefficient (Wildman–Crippen LogP) is 2.69. The number of aliphatic hydroxyl groups excluding tert-OH is 1. The molecule has 1 aromatic carbocycles. The number of ether oxygens (including phenoxy) is 2. The molecule has 0 aromatic heterocycles. The lowest BCUT2D eigenvalue weighted by molar-refractivity contribution is 0.00753. The lowest BCUT2D eigenvalue weighted by Gasteiger charge is -2.41. The Bertz CT molecular complexity index is 761. The summed E-state index contributed by atoms with van der Waals surface area (Å²) >= 11 is 0. The van der Waals surface area contributed by atoms with Crippen LogP contribution in [0.15, 0.2) is 18.2 Å². The molecule has 2 N–H and O–H groups in total. The van der Waals surface area contributed by atoms with Crippen LogP contribution in [0.1, 0.15) is 44.9 Å². The number of urea groups is 1. The maximum absolute atomic E-state index is 13.0. The molecule has 33 heavy (non-hydrogen) atoms. The molecule has 3 fully saturated rings. The van der Waals surface area contributed by atoms with Crippen LogP contribution in [0.25, 0.3) is 0 Å². The number of likely N-dealkylation sites (tertiary alicyclic amines) is 1. The van der Waals surface area contributed by atoms with Crippen molar-refractivity contribution in [3.05, 3.63) is 18.2 Å². The number of methoxy groups -OCH3 is 2. The van der Waals surface area contributed by atoms with Crippen LogP contribution in [0.4, 0.5) is 10.5 Å². The highest BCUT2D eigenvalue weighted by atomic mass is 16.5. The lowest BCUT2D eigenvalue weighted by atomic mass is 9.89. The Morgan fingerprint density at radius 3 is 2.24 bits per heavy atom. The van der Waals surface area contributed by atoms with Crippen molar-refractivity contribution in [1.29, 1.82) is 0 Å². The van der Waals surface area contributed by atoms with Crippen LogP contribution >= 0.6 is 0 Å². The second-order valence-corrected chi connectivity index (χ2v) is 9.58. The molecule has 8 heteroatoms. The molecular formula is C25H40N4O4. The van der Waals surface area contributed by atoms with E-state index in [9.17, 15) is 9.90 Å². The number of hydrogen-bond donors (Lipinski definition) is 2. The Morgan fingerprint density at radius 1 is 0.879 bits per heavy atom. The maximum Gasteiger partial charge on any atom is 0.317 e. The fraction of sp³-hybridized carbons (Fsp3) is 0.720. The first-order valence-corrected chi connectivity index (χ1v) is 12.5. The number of aliphatic hydroxyl groups is 1. The van der Waals surface area contributed by atoms with E-state index < -0.39 is 0 Å². The molecule has 8 nitrogen and oxygen atoms in total. The number of nitrogens with zero attached hydrogens (tertiary/aromatic N) is 3. The molecule has 0 bridgehead atoms. The summed E-state index contributed by atoms with van der Waals surface area (Å²) in [5.41, 5.74) is 1.06. The van der Waals surface area contributed by atoms with Gasteiger partial charge in [0.25, 0.3) is 0 Å². The third-order valence-electron chi connectivity index (χ3n) is 7.50. The summed E-state index contributed by atoms with van der Waals surface area (Å²) in [6.07, 6.45) is 7.03. The van der Waals surface area contributed by atoms with Gasteiger partial charge < -0.3 is 29.7 Å². The number of hydrogen-bond acceptors (Lipinski definition) is 6. The highest BCUT2D eigenvalue weighted by molar-refractivity contribution is 5.74. The quantitative estimate of drug-likeness (QED) is 0.704. The van der Waals surface area contributed by atoms with Gasteiger partial charge in [-0.1, -0.05) is 12.8 Å².